The first-order valence-electron chi connectivity index (χ1n) is 10.3. The summed E-state index contributed by atoms with van der Waals surface area (Å²) in [5, 5.41) is 0.667. The molecule has 148 valence electrons. The Bertz CT molecular complexity index is 1130. The lowest BCUT2D eigenvalue weighted by atomic mass is 10.1. The molecule has 0 radical (unpaired) electrons. The normalized spacial score (nSPS) is 19.1. The van der Waals surface area contributed by atoms with Crippen LogP contribution in [0.4, 0.5) is 0 Å². The van der Waals surface area contributed by atoms with Gasteiger partial charge in [0.15, 0.2) is 0 Å². The van der Waals surface area contributed by atoms with Crippen LogP contribution in [0.15, 0.2) is 59.5 Å². The first-order chi connectivity index (χ1) is 14.1. The van der Waals surface area contributed by atoms with Crippen LogP contribution < -0.4 is 5.43 Å². The fraction of sp³-hybridized carbons (Fsp3) is 0.333. The van der Waals surface area contributed by atoms with E-state index in [0.717, 1.165) is 31.6 Å². The van der Waals surface area contributed by atoms with Crippen LogP contribution in [0.1, 0.15) is 34.5 Å². The second-order valence-electron chi connectivity index (χ2n) is 8.20. The van der Waals surface area contributed by atoms with E-state index in [1.807, 2.05) is 23.1 Å². The van der Waals surface area contributed by atoms with Crippen LogP contribution in [0, 0.1) is 0 Å². The van der Waals surface area contributed by atoms with Crippen LogP contribution in [0.3, 0.4) is 0 Å². The maximum atomic E-state index is 13.2. The Balaban J connectivity index is 1.37. The Morgan fingerprint density at radius 2 is 1.76 bits per heavy atom. The smallest absolute Gasteiger partial charge is 0.259 e. The maximum absolute atomic E-state index is 13.2. The van der Waals surface area contributed by atoms with Crippen molar-refractivity contribution in [2.45, 2.75) is 25.9 Å². The van der Waals surface area contributed by atoms with E-state index < -0.39 is 0 Å². The Kier molecular flexibility index (Phi) is 4.47. The molecule has 1 amide bonds. The molecule has 1 fully saturated rings. The zero-order valence-electron chi connectivity index (χ0n) is 16.7. The van der Waals surface area contributed by atoms with Gasteiger partial charge < -0.3 is 9.47 Å². The van der Waals surface area contributed by atoms with E-state index in [1.165, 1.54) is 11.1 Å². The molecular formula is C24H25N3O2. The summed E-state index contributed by atoms with van der Waals surface area (Å²) in [6, 6.07) is 16.5. The quantitative estimate of drug-likeness (QED) is 0.694. The second kappa shape index (κ2) is 7.16. The van der Waals surface area contributed by atoms with Crippen LogP contribution in [-0.2, 0) is 13.0 Å². The van der Waals surface area contributed by atoms with Gasteiger partial charge in [0.2, 0.25) is 5.43 Å². The molecule has 5 nitrogen and oxygen atoms in total. The van der Waals surface area contributed by atoms with Gasteiger partial charge in [0.25, 0.3) is 5.91 Å². The highest BCUT2D eigenvalue weighted by atomic mass is 16.2. The third-order valence-electron chi connectivity index (χ3n) is 6.26. The third kappa shape index (κ3) is 3.15. The SMILES string of the molecule is C[C@H]1Cc2cccc3c(=O)c(C(=O)N4CCN(Cc5ccccc5)CC4)cn1c23. The van der Waals surface area contributed by atoms with E-state index in [4.69, 9.17) is 0 Å². The monoisotopic (exact) mass is 387 g/mol. The fourth-order valence-electron chi connectivity index (χ4n) is 4.69. The molecule has 5 rings (SSSR count). The molecule has 3 heterocycles. The van der Waals surface area contributed by atoms with Gasteiger partial charge in [-0.2, -0.15) is 0 Å². The van der Waals surface area contributed by atoms with Crippen molar-refractivity contribution in [2.24, 2.45) is 0 Å². The van der Waals surface area contributed by atoms with Crippen LogP contribution >= 0.6 is 0 Å². The van der Waals surface area contributed by atoms with Crippen molar-refractivity contribution in [1.29, 1.82) is 0 Å². The third-order valence-corrected chi connectivity index (χ3v) is 6.26. The van der Waals surface area contributed by atoms with Crippen molar-refractivity contribution in [1.82, 2.24) is 14.4 Å². The molecule has 2 aliphatic rings. The van der Waals surface area contributed by atoms with Crippen molar-refractivity contribution in [2.75, 3.05) is 26.2 Å². The number of hydrogen-bond donors (Lipinski definition) is 0. The predicted molar refractivity (Wildman–Crippen MR) is 114 cm³/mol. The maximum Gasteiger partial charge on any atom is 0.259 e. The Labute approximate surface area is 170 Å². The Morgan fingerprint density at radius 3 is 2.52 bits per heavy atom. The molecule has 0 unspecified atom stereocenters. The number of benzene rings is 2. The second-order valence-corrected chi connectivity index (χ2v) is 8.20. The molecule has 0 spiro atoms. The number of pyridine rings is 1. The molecule has 1 saturated heterocycles. The number of rotatable bonds is 3. The van der Waals surface area contributed by atoms with E-state index >= 15 is 0 Å². The number of para-hydroxylation sites is 1. The lowest BCUT2D eigenvalue weighted by molar-refractivity contribution is 0.0626. The Morgan fingerprint density at radius 1 is 1.00 bits per heavy atom. The average molecular weight is 387 g/mol. The summed E-state index contributed by atoms with van der Waals surface area (Å²) in [6.45, 7) is 5.98. The van der Waals surface area contributed by atoms with E-state index in [2.05, 4.69) is 46.7 Å². The summed E-state index contributed by atoms with van der Waals surface area (Å²) < 4.78 is 2.12. The molecule has 5 heteroatoms. The summed E-state index contributed by atoms with van der Waals surface area (Å²) in [6.07, 6.45) is 2.71. The predicted octanol–water partition coefficient (Wildman–Crippen LogP) is 3.08. The fourth-order valence-corrected chi connectivity index (χ4v) is 4.69. The molecule has 1 atom stereocenters. The van der Waals surface area contributed by atoms with E-state index in [1.54, 1.807) is 6.20 Å². The zero-order valence-corrected chi connectivity index (χ0v) is 16.7. The molecular weight excluding hydrogens is 362 g/mol. The summed E-state index contributed by atoms with van der Waals surface area (Å²) in [5.74, 6) is -0.135. The van der Waals surface area contributed by atoms with Crippen molar-refractivity contribution >= 4 is 16.8 Å². The van der Waals surface area contributed by atoms with Gasteiger partial charge in [0, 0.05) is 50.3 Å². The first kappa shape index (κ1) is 18.1. The van der Waals surface area contributed by atoms with Gasteiger partial charge in [-0.1, -0.05) is 42.5 Å². The Hall–Kier alpha value is -2.92. The van der Waals surface area contributed by atoms with Gasteiger partial charge in [0.05, 0.1) is 5.52 Å². The van der Waals surface area contributed by atoms with Crippen molar-refractivity contribution in [3.8, 4) is 0 Å². The number of hydrogen-bond acceptors (Lipinski definition) is 3. The van der Waals surface area contributed by atoms with E-state index in [0.29, 0.717) is 24.0 Å². The van der Waals surface area contributed by atoms with Crippen LogP contribution in [0.25, 0.3) is 10.9 Å². The highest BCUT2D eigenvalue weighted by molar-refractivity contribution is 5.98. The minimum atomic E-state index is -0.135. The van der Waals surface area contributed by atoms with Crippen LogP contribution in [-0.4, -0.2) is 46.5 Å². The lowest BCUT2D eigenvalue weighted by Gasteiger charge is -2.34. The number of carbonyl (C=O) groups is 1. The molecule has 1 aromatic heterocycles. The zero-order chi connectivity index (χ0) is 20.0. The standard InChI is InChI=1S/C24H25N3O2/c1-17-14-19-8-5-9-20-22(19)27(17)16-21(23(20)28)24(29)26-12-10-25(11-13-26)15-18-6-3-2-4-7-18/h2-9,16-17H,10-15H2,1H3/t17-/m0/s1. The van der Waals surface area contributed by atoms with Crippen LogP contribution in [0.5, 0.6) is 0 Å². The van der Waals surface area contributed by atoms with Gasteiger partial charge >= 0.3 is 0 Å². The summed E-state index contributed by atoms with van der Waals surface area (Å²) >= 11 is 0. The van der Waals surface area contributed by atoms with E-state index in [-0.39, 0.29) is 17.4 Å². The lowest BCUT2D eigenvalue weighted by Crippen LogP contribution is -2.49. The molecule has 0 bridgehead atoms. The van der Waals surface area contributed by atoms with E-state index in [9.17, 15) is 9.59 Å². The van der Waals surface area contributed by atoms with Gasteiger partial charge in [0.1, 0.15) is 5.56 Å². The topological polar surface area (TPSA) is 45.6 Å². The van der Waals surface area contributed by atoms with Gasteiger partial charge in [-0.25, -0.2) is 0 Å². The summed E-state index contributed by atoms with van der Waals surface area (Å²) in [5.41, 5.74) is 3.64. The minimum Gasteiger partial charge on any atom is -0.343 e. The number of piperazine rings is 1. The molecule has 2 aromatic carbocycles. The highest BCUT2D eigenvalue weighted by Gasteiger charge is 2.28. The number of nitrogens with zero attached hydrogens (tertiary/aromatic N) is 3. The molecule has 0 saturated carbocycles. The number of amides is 1. The van der Waals surface area contributed by atoms with Crippen molar-refractivity contribution in [3.05, 3.63) is 81.6 Å². The van der Waals surface area contributed by atoms with Crippen LogP contribution in [0.2, 0.25) is 0 Å². The molecule has 0 aliphatic carbocycles. The largest absolute Gasteiger partial charge is 0.343 e. The summed E-state index contributed by atoms with van der Waals surface area (Å²) in [4.78, 5) is 30.5. The number of carbonyl (C=O) groups excluding carboxylic acids is 1. The molecule has 29 heavy (non-hydrogen) atoms. The first-order valence-corrected chi connectivity index (χ1v) is 10.3. The van der Waals surface area contributed by atoms with Gasteiger partial charge in [-0.05, 0) is 30.5 Å². The molecule has 2 aliphatic heterocycles. The van der Waals surface area contributed by atoms with Crippen molar-refractivity contribution < 1.29 is 4.79 Å². The molecule has 3 aromatic rings. The summed E-state index contributed by atoms with van der Waals surface area (Å²) in [7, 11) is 0. The number of aromatic nitrogens is 1. The van der Waals surface area contributed by atoms with Gasteiger partial charge in [-0.15, -0.1) is 0 Å². The van der Waals surface area contributed by atoms with Crippen molar-refractivity contribution in [3.63, 3.8) is 0 Å². The molecule has 0 N–H and O–H groups in total. The highest BCUT2D eigenvalue weighted by Crippen LogP contribution is 2.31. The minimum absolute atomic E-state index is 0.135. The van der Waals surface area contributed by atoms with Gasteiger partial charge in [-0.3, -0.25) is 14.5 Å². The average Bonchev–Trinajstić information content (AvgIpc) is 3.07.